The predicted molar refractivity (Wildman–Crippen MR) is 71.9 cm³/mol. The molecule has 0 atom stereocenters. The molecule has 0 fully saturated rings. The van der Waals surface area contributed by atoms with Crippen LogP contribution >= 0.6 is 0 Å². The van der Waals surface area contributed by atoms with Crippen molar-refractivity contribution in [3.8, 4) is 11.5 Å². The fraction of sp³-hybridized carbons (Fsp3) is 0.600. The normalized spacial score (nSPS) is 12.9. The van der Waals surface area contributed by atoms with Crippen LogP contribution in [0.25, 0.3) is 0 Å². The van der Waals surface area contributed by atoms with E-state index in [1.54, 1.807) is 6.07 Å². The Morgan fingerprint density at radius 2 is 1.35 bits per heavy atom. The second-order valence-electron chi connectivity index (χ2n) is 6.79. The summed E-state index contributed by atoms with van der Waals surface area (Å²) in [6, 6.07) is 1.70. The van der Waals surface area contributed by atoms with Gasteiger partial charge in [0.15, 0.2) is 0 Å². The number of hydrogen-bond donors (Lipinski definition) is 2. The van der Waals surface area contributed by atoms with Crippen LogP contribution in [0.1, 0.15) is 58.2 Å². The molecule has 0 aromatic heterocycles. The number of rotatable bonds is 0. The number of aromatic hydroxyl groups is 2. The van der Waals surface area contributed by atoms with Crippen molar-refractivity contribution in [1.82, 2.24) is 0 Å². The highest BCUT2D eigenvalue weighted by molar-refractivity contribution is 5.56. The molecule has 0 aliphatic heterocycles. The summed E-state index contributed by atoms with van der Waals surface area (Å²) in [5.41, 5.74) is 2.04. The number of benzene rings is 1. The number of hydrogen-bond acceptors (Lipinski definition) is 2. The molecule has 0 radical (unpaired) electrons. The SMILES string of the molecule is Cc1c(O)c(C(C)(C)C)cc(O)c1C(C)(C)C. The van der Waals surface area contributed by atoms with Gasteiger partial charge < -0.3 is 10.2 Å². The van der Waals surface area contributed by atoms with Gasteiger partial charge in [-0.1, -0.05) is 41.5 Å². The lowest BCUT2D eigenvalue weighted by molar-refractivity contribution is 0.414. The average Bonchev–Trinajstić information content (AvgIpc) is 2.07. The Morgan fingerprint density at radius 3 is 1.71 bits per heavy atom. The lowest BCUT2D eigenvalue weighted by Crippen LogP contribution is -2.17. The molecule has 2 nitrogen and oxygen atoms in total. The maximum Gasteiger partial charge on any atom is 0.122 e. The fourth-order valence-electron chi connectivity index (χ4n) is 2.31. The molecule has 0 saturated heterocycles. The van der Waals surface area contributed by atoms with E-state index in [-0.39, 0.29) is 16.6 Å². The van der Waals surface area contributed by atoms with Crippen molar-refractivity contribution >= 4 is 0 Å². The van der Waals surface area contributed by atoms with Crippen LogP contribution in [0.2, 0.25) is 0 Å². The monoisotopic (exact) mass is 236 g/mol. The Balaban J connectivity index is 3.60. The van der Waals surface area contributed by atoms with E-state index in [1.807, 2.05) is 48.5 Å². The Labute approximate surface area is 104 Å². The van der Waals surface area contributed by atoms with Gasteiger partial charge in [-0.2, -0.15) is 0 Å². The summed E-state index contributed by atoms with van der Waals surface area (Å²) in [5, 5.41) is 20.5. The van der Waals surface area contributed by atoms with Gasteiger partial charge in [-0.15, -0.1) is 0 Å². The summed E-state index contributed by atoms with van der Waals surface area (Å²) in [5.74, 6) is 0.581. The molecule has 0 unspecified atom stereocenters. The van der Waals surface area contributed by atoms with Crippen LogP contribution in [0.3, 0.4) is 0 Å². The Hall–Kier alpha value is -1.18. The third-order valence-electron chi connectivity index (χ3n) is 3.08. The van der Waals surface area contributed by atoms with Crippen molar-refractivity contribution in [1.29, 1.82) is 0 Å². The van der Waals surface area contributed by atoms with Crippen LogP contribution in [0, 0.1) is 6.92 Å². The maximum atomic E-state index is 10.3. The Bertz CT molecular complexity index is 432. The minimum atomic E-state index is -0.179. The molecule has 2 heteroatoms. The van der Waals surface area contributed by atoms with E-state index in [9.17, 15) is 10.2 Å². The van der Waals surface area contributed by atoms with Crippen LogP contribution in [0.5, 0.6) is 11.5 Å². The van der Waals surface area contributed by atoms with Crippen molar-refractivity contribution in [3.63, 3.8) is 0 Å². The largest absolute Gasteiger partial charge is 0.508 e. The zero-order chi connectivity index (χ0) is 13.6. The fourth-order valence-corrected chi connectivity index (χ4v) is 2.31. The van der Waals surface area contributed by atoms with Crippen LogP contribution < -0.4 is 0 Å². The van der Waals surface area contributed by atoms with Gasteiger partial charge in [0.1, 0.15) is 11.5 Å². The second kappa shape index (κ2) is 3.94. The number of phenols is 2. The third-order valence-corrected chi connectivity index (χ3v) is 3.08. The van der Waals surface area contributed by atoms with Gasteiger partial charge in [0.05, 0.1) is 0 Å². The standard InChI is InChI=1S/C15H24O2/c1-9-12(15(5,6)7)11(16)8-10(13(9)17)14(2,3)4/h8,16-17H,1-7H3. The van der Waals surface area contributed by atoms with Gasteiger partial charge in [0.2, 0.25) is 0 Å². The van der Waals surface area contributed by atoms with E-state index in [0.717, 1.165) is 16.7 Å². The molecule has 0 spiro atoms. The van der Waals surface area contributed by atoms with Crippen LogP contribution in [-0.2, 0) is 10.8 Å². The highest BCUT2D eigenvalue weighted by atomic mass is 16.3. The van der Waals surface area contributed by atoms with E-state index in [4.69, 9.17) is 0 Å². The number of phenolic OH excluding ortho intramolecular Hbond substituents is 2. The summed E-state index contributed by atoms with van der Waals surface area (Å²) in [7, 11) is 0. The zero-order valence-corrected chi connectivity index (χ0v) is 12.0. The zero-order valence-electron chi connectivity index (χ0n) is 12.0. The van der Waals surface area contributed by atoms with Crippen LogP contribution in [0.4, 0.5) is 0 Å². The molecule has 0 aliphatic rings. The van der Waals surface area contributed by atoms with Crippen LogP contribution in [-0.4, -0.2) is 10.2 Å². The van der Waals surface area contributed by atoms with Gasteiger partial charge in [-0.3, -0.25) is 0 Å². The summed E-state index contributed by atoms with van der Waals surface area (Å²) >= 11 is 0. The molecule has 0 bridgehead atoms. The molecule has 0 heterocycles. The molecule has 1 rings (SSSR count). The smallest absolute Gasteiger partial charge is 0.122 e. The van der Waals surface area contributed by atoms with Crippen molar-refractivity contribution in [2.45, 2.75) is 59.3 Å². The first-order valence-corrected chi connectivity index (χ1v) is 6.02. The van der Waals surface area contributed by atoms with Crippen molar-refractivity contribution < 1.29 is 10.2 Å². The molecule has 2 N–H and O–H groups in total. The first-order valence-electron chi connectivity index (χ1n) is 6.02. The van der Waals surface area contributed by atoms with E-state index in [0.29, 0.717) is 5.75 Å². The molecule has 0 saturated carbocycles. The molecule has 0 aliphatic carbocycles. The topological polar surface area (TPSA) is 40.5 Å². The first-order chi connectivity index (χ1) is 7.46. The molecule has 0 amide bonds. The Morgan fingerprint density at radius 1 is 0.882 bits per heavy atom. The highest BCUT2D eigenvalue weighted by Gasteiger charge is 2.27. The first kappa shape index (κ1) is 13.9. The van der Waals surface area contributed by atoms with E-state index >= 15 is 0 Å². The molecule has 1 aromatic carbocycles. The Kier molecular flexibility index (Phi) is 3.21. The predicted octanol–water partition coefficient (Wildman–Crippen LogP) is 4.00. The highest BCUT2D eigenvalue weighted by Crippen LogP contribution is 2.43. The molecular formula is C15H24O2. The summed E-state index contributed by atoms with van der Waals surface area (Å²) in [4.78, 5) is 0. The van der Waals surface area contributed by atoms with E-state index in [1.165, 1.54) is 0 Å². The molecule has 96 valence electrons. The summed E-state index contributed by atoms with van der Waals surface area (Å²) in [6.45, 7) is 14.0. The summed E-state index contributed by atoms with van der Waals surface area (Å²) < 4.78 is 0. The van der Waals surface area contributed by atoms with Gasteiger partial charge in [-0.25, -0.2) is 0 Å². The molecular weight excluding hydrogens is 212 g/mol. The minimum Gasteiger partial charge on any atom is -0.508 e. The summed E-state index contributed by atoms with van der Waals surface area (Å²) in [6.07, 6.45) is 0. The van der Waals surface area contributed by atoms with Crippen molar-refractivity contribution in [3.05, 3.63) is 22.8 Å². The van der Waals surface area contributed by atoms with Crippen molar-refractivity contribution in [2.75, 3.05) is 0 Å². The van der Waals surface area contributed by atoms with Gasteiger partial charge in [-0.05, 0) is 29.4 Å². The van der Waals surface area contributed by atoms with Crippen LogP contribution in [0.15, 0.2) is 6.07 Å². The van der Waals surface area contributed by atoms with Gasteiger partial charge in [0, 0.05) is 11.1 Å². The van der Waals surface area contributed by atoms with E-state index < -0.39 is 0 Å². The van der Waals surface area contributed by atoms with E-state index in [2.05, 4.69) is 0 Å². The van der Waals surface area contributed by atoms with Gasteiger partial charge in [0.25, 0.3) is 0 Å². The quantitative estimate of drug-likeness (QED) is 0.668. The van der Waals surface area contributed by atoms with Gasteiger partial charge >= 0.3 is 0 Å². The lowest BCUT2D eigenvalue weighted by Gasteiger charge is -2.28. The maximum absolute atomic E-state index is 10.3. The minimum absolute atomic E-state index is 0.178. The molecule has 1 aromatic rings. The third kappa shape index (κ3) is 2.56. The molecule has 17 heavy (non-hydrogen) atoms. The second-order valence-corrected chi connectivity index (χ2v) is 6.79. The lowest BCUT2D eigenvalue weighted by atomic mass is 9.78. The average molecular weight is 236 g/mol. The van der Waals surface area contributed by atoms with Crippen molar-refractivity contribution in [2.24, 2.45) is 0 Å².